The minimum Gasteiger partial charge on any atom is -0.453 e. The van der Waals surface area contributed by atoms with Crippen LogP contribution in [0.25, 0.3) is 0 Å². The van der Waals surface area contributed by atoms with Gasteiger partial charge in [0.1, 0.15) is 5.76 Å². The van der Waals surface area contributed by atoms with Gasteiger partial charge in [-0.25, -0.2) is 0 Å². The third kappa shape index (κ3) is 2.67. The molecule has 0 saturated carbocycles. The fourth-order valence-electron chi connectivity index (χ4n) is 2.60. The zero-order valence-electron chi connectivity index (χ0n) is 10.1. The van der Waals surface area contributed by atoms with Crippen molar-refractivity contribution >= 4 is 15.9 Å². The van der Waals surface area contributed by atoms with Gasteiger partial charge < -0.3 is 4.42 Å². The molecule has 18 heavy (non-hydrogen) atoms. The molecule has 0 unspecified atom stereocenters. The monoisotopic (exact) mass is 309 g/mol. The number of H-pyrrole nitrogens is 1. The van der Waals surface area contributed by atoms with Crippen molar-refractivity contribution in [2.75, 3.05) is 13.1 Å². The maximum atomic E-state index is 5.57. The highest BCUT2D eigenvalue weighted by Gasteiger charge is 2.22. The lowest BCUT2D eigenvalue weighted by molar-refractivity contribution is 0.184. The highest BCUT2D eigenvalue weighted by Crippen LogP contribution is 2.26. The number of rotatable bonds is 3. The predicted molar refractivity (Wildman–Crippen MR) is 72.2 cm³/mol. The van der Waals surface area contributed by atoms with Crippen LogP contribution in [-0.2, 0) is 6.54 Å². The minimum atomic E-state index is 0.569. The second-order valence-corrected chi connectivity index (χ2v) is 5.57. The molecule has 1 atom stereocenters. The van der Waals surface area contributed by atoms with Gasteiger partial charge in [0, 0.05) is 24.4 Å². The van der Waals surface area contributed by atoms with E-state index >= 15 is 0 Å². The summed E-state index contributed by atoms with van der Waals surface area (Å²) < 4.78 is 6.37. The number of nitrogens with zero attached hydrogens (tertiary/aromatic N) is 2. The standard InChI is InChI=1S/C13H16BrN3O/c14-13-4-3-11(18-13)9-17-7-1-2-10(8-17)12-5-6-15-16-12/h3-6,10H,1-2,7-9H2,(H,15,16)/t10-/m0/s1. The Hall–Kier alpha value is -1.07. The third-order valence-electron chi connectivity index (χ3n) is 3.48. The summed E-state index contributed by atoms with van der Waals surface area (Å²) >= 11 is 3.34. The summed E-state index contributed by atoms with van der Waals surface area (Å²) in [5.41, 5.74) is 1.25. The Bertz CT molecular complexity index is 494. The lowest BCUT2D eigenvalue weighted by atomic mass is 9.95. The number of piperidine rings is 1. The van der Waals surface area contributed by atoms with E-state index in [1.807, 2.05) is 18.3 Å². The van der Waals surface area contributed by atoms with Gasteiger partial charge in [-0.2, -0.15) is 5.10 Å². The van der Waals surface area contributed by atoms with Crippen LogP contribution in [0.5, 0.6) is 0 Å². The van der Waals surface area contributed by atoms with Crippen LogP contribution in [0, 0.1) is 0 Å². The molecule has 96 valence electrons. The van der Waals surface area contributed by atoms with E-state index in [1.165, 1.54) is 18.5 Å². The molecule has 1 saturated heterocycles. The van der Waals surface area contributed by atoms with Crippen molar-refractivity contribution in [3.63, 3.8) is 0 Å². The number of nitrogens with one attached hydrogen (secondary N) is 1. The van der Waals surface area contributed by atoms with E-state index in [0.717, 1.165) is 30.1 Å². The van der Waals surface area contributed by atoms with Crippen molar-refractivity contribution in [1.29, 1.82) is 0 Å². The van der Waals surface area contributed by atoms with E-state index in [2.05, 4.69) is 37.1 Å². The quantitative estimate of drug-likeness (QED) is 0.947. The van der Waals surface area contributed by atoms with E-state index in [0.29, 0.717) is 5.92 Å². The molecular formula is C13H16BrN3O. The molecule has 0 spiro atoms. The summed E-state index contributed by atoms with van der Waals surface area (Å²) in [5.74, 6) is 1.59. The van der Waals surface area contributed by atoms with Crippen molar-refractivity contribution in [1.82, 2.24) is 15.1 Å². The summed E-state index contributed by atoms with van der Waals surface area (Å²) in [7, 11) is 0. The molecule has 5 heteroatoms. The molecule has 0 bridgehead atoms. The van der Waals surface area contributed by atoms with Crippen LogP contribution in [-0.4, -0.2) is 28.2 Å². The number of furan rings is 1. The van der Waals surface area contributed by atoms with Crippen LogP contribution in [0.4, 0.5) is 0 Å². The van der Waals surface area contributed by atoms with Gasteiger partial charge in [0.25, 0.3) is 0 Å². The maximum Gasteiger partial charge on any atom is 0.169 e. The summed E-state index contributed by atoms with van der Waals surface area (Å²) in [6.07, 6.45) is 4.30. The number of halogens is 1. The van der Waals surface area contributed by atoms with Crippen LogP contribution in [0.15, 0.2) is 33.5 Å². The first kappa shape index (κ1) is 12.0. The second-order valence-electron chi connectivity index (χ2n) is 4.79. The Kier molecular flexibility index (Phi) is 3.52. The van der Waals surface area contributed by atoms with Gasteiger partial charge in [-0.05, 0) is 53.5 Å². The van der Waals surface area contributed by atoms with Gasteiger partial charge in [-0.15, -0.1) is 0 Å². The molecule has 1 fully saturated rings. The molecule has 0 radical (unpaired) electrons. The van der Waals surface area contributed by atoms with Crippen LogP contribution >= 0.6 is 15.9 Å². The number of hydrogen-bond acceptors (Lipinski definition) is 3. The highest BCUT2D eigenvalue weighted by atomic mass is 79.9. The molecule has 0 aliphatic carbocycles. The Balaban J connectivity index is 1.63. The summed E-state index contributed by atoms with van der Waals surface area (Å²) in [4.78, 5) is 2.44. The molecule has 3 rings (SSSR count). The molecule has 1 aliphatic heterocycles. The van der Waals surface area contributed by atoms with Gasteiger partial charge in [0.05, 0.1) is 6.54 Å². The predicted octanol–water partition coefficient (Wildman–Crippen LogP) is 3.14. The molecule has 0 amide bonds. The smallest absolute Gasteiger partial charge is 0.169 e. The van der Waals surface area contributed by atoms with Crippen molar-refractivity contribution in [2.24, 2.45) is 0 Å². The van der Waals surface area contributed by atoms with E-state index in [-0.39, 0.29) is 0 Å². The topological polar surface area (TPSA) is 45.1 Å². The fourth-order valence-corrected chi connectivity index (χ4v) is 2.94. The van der Waals surface area contributed by atoms with Crippen LogP contribution in [0.2, 0.25) is 0 Å². The van der Waals surface area contributed by atoms with Crippen molar-refractivity contribution in [3.8, 4) is 0 Å². The molecule has 4 nitrogen and oxygen atoms in total. The SMILES string of the molecule is Brc1ccc(CN2CCC[C@H](c3ccn[nH]3)C2)o1. The van der Waals surface area contributed by atoms with Gasteiger partial charge in [0.2, 0.25) is 0 Å². The molecular weight excluding hydrogens is 294 g/mol. The molecule has 2 aromatic rings. The van der Waals surface area contributed by atoms with Gasteiger partial charge >= 0.3 is 0 Å². The van der Waals surface area contributed by atoms with Crippen LogP contribution in [0.1, 0.15) is 30.2 Å². The molecule has 3 heterocycles. The third-order valence-corrected chi connectivity index (χ3v) is 3.90. The van der Waals surface area contributed by atoms with Crippen molar-refractivity contribution < 1.29 is 4.42 Å². The molecule has 1 aliphatic rings. The summed E-state index contributed by atoms with van der Waals surface area (Å²) in [6.45, 7) is 3.10. The van der Waals surface area contributed by atoms with Crippen molar-refractivity contribution in [3.05, 3.63) is 40.5 Å². The lowest BCUT2D eigenvalue weighted by Gasteiger charge is -2.31. The lowest BCUT2D eigenvalue weighted by Crippen LogP contribution is -2.33. The van der Waals surface area contributed by atoms with E-state index < -0.39 is 0 Å². The highest BCUT2D eigenvalue weighted by molar-refractivity contribution is 9.10. The zero-order valence-corrected chi connectivity index (χ0v) is 11.7. The first-order chi connectivity index (χ1) is 8.81. The van der Waals surface area contributed by atoms with Crippen LogP contribution in [0.3, 0.4) is 0 Å². The molecule has 1 N–H and O–H groups in total. The number of likely N-dealkylation sites (tertiary alicyclic amines) is 1. The fraction of sp³-hybridized carbons (Fsp3) is 0.462. The normalized spacial score (nSPS) is 21.3. The molecule has 2 aromatic heterocycles. The Morgan fingerprint density at radius 1 is 1.44 bits per heavy atom. The number of aromatic nitrogens is 2. The van der Waals surface area contributed by atoms with Crippen LogP contribution < -0.4 is 0 Å². The number of aromatic amines is 1. The average molecular weight is 310 g/mol. The van der Waals surface area contributed by atoms with E-state index in [4.69, 9.17) is 4.42 Å². The number of hydrogen-bond donors (Lipinski definition) is 1. The average Bonchev–Trinajstić information content (AvgIpc) is 3.01. The van der Waals surface area contributed by atoms with Gasteiger partial charge in [-0.1, -0.05) is 0 Å². The maximum absolute atomic E-state index is 5.57. The first-order valence-electron chi connectivity index (χ1n) is 6.27. The Labute approximate surface area is 114 Å². The Morgan fingerprint density at radius 2 is 2.39 bits per heavy atom. The molecule has 0 aromatic carbocycles. The minimum absolute atomic E-state index is 0.569. The second kappa shape index (κ2) is 5.28. The largest absolute Gasteiger partial charge is 0.453 e. The van der Waals surface area contributed by atoms with E-state index in [9.17, 15) is 0 Å². The first-order valence-corrected chi connectivity index (χ1v) is 7.06. The van der Waals surface area contributed by atoms with Gasteiger partial charge in [-0.3, -0.25) is 10.00 Å². The zero-order chi connectivity index (χ0) is 12.4. The van der Waals surface area contributed by atoms with Gasteiger partial charge in [0.15, 0.2) is 4.67 Å². The summed E-state index contributed by atoms with van der Waals surface area (Å²) in [6, 6.07) is 6.06. The Morgan fingerprint density at radius 3 is 3.11 bits per heavy atom. The van der Waals surface area contributed by atoms with E-state index in [1.54, 1.807) is 0 Å². The van der Waals surface area contributed by atoms with Crippen molar-refractivity contribution in [2.45, 2.75) is 25.3 Å². The summed E-state index contributed by atoms with van der Waals surface area (Å²) in [5, 5.41) is 7.13.